The van der Waals surface area contributed by atoms with Crippen LogP contribution in [0.2, 0.25) is 0 Å². The van der Waals surface area contributed by atoms with Gasteiger partial charge in [-0.1, -0.05) is 12.1 Å². The molecule has 3 nitrogen and oxygen atoms in total. The molecule has 3 heteroatoms. The van der Waals surface area contributed by atoms with Crippen LogP contribution in [-0.2, 0) is 0 Å². The van der Waals surface area contributed by atoms with E-state index in [0.29, 0.717) is 24.7 Å². The van der Waals surface area contributed by atoms with E-state index < -0.39 is 0 Å². The molecule has 2 rings (SSSR count). The Morgan fingerprint density at radius 1 is 1.35 bits per heavy atom. The van der Waals surface area contributed by atoms with E-state index in [2.05, 4.69) is 24.4 Å². The standard InChI is InChI=1S/C14H22N2O/c1-3-17-14-6-4-11(5-7-14)10(2)16-13-8-12(15)9-13/h4-7,10,12-13,16H,3,8-9,15H2,1-2H3. The Labute approximate surface area is 103 Å². The van der Waals surface area contributed by atoms with E-state index in [4.69, 9.17) is 10.5 Å². The predicted molar refractivity (Wildman–Crippen MR) is 70.2 cm³/mol. The average Bonchev–Trinajstić information content (AvgIpc) is 2.28. The van der Waals surface area contributed by atoms with E-state index in [9.17, 15) is 0 Å². The van der Waals surface area contributed by atoms with Gasteiger partial charge in [-0.2, -0.15) is 0 Å². The lowest BCUT2D eigenvalue weighted by atomic mass is 9.87. The molecule has 1 atom stereocenters. The van der Waals surface area contributed by atoms with Crippen molar-refractivity contribution in [2.24, 2.45) is 5.73 Å². The Balaban J connectivity index is 1.87. The summed E-state index contributed by atoms with van der Waals surface area (Å²) < 4.78 is 5.43. The van der Waals surface area contributed by atoms with Crippen LogP contribution >= 0.6 is 0 Å². The van der Waals surface area contributed by atoms with Crippen molar-refractivity contribution < 1.29 is 4.74 Å². The Hall–Kier alpha value is -1.06. The summed E-state index contributed by atoms with van der Waals surface area (Å²) in [6.45, 7) is 4.91. The third-order valence-corrected chi connectivity index (χ3v) is 3.35. The van der Waals surface area contributed by atoms with Crippen LogP contribution in [0.1, 0.15) is 38.3 Å². The maximum absolute atomic E-state index is 5.78. The average molecular weight is 234 g/mol. The maximum Gasteiger partial charge on any atom is 0.119 e. The summed E-state index contributed by atoms with van der Waals surface area (Å²) in [5, 5.41) is 3.59. The fourth-order valence-corrected chi connectivity index (χ4v) is 2.27. The highest BCUT2D eigenvalue weighted by Crippen LogP contribution is 2.23. The van der Waals surface area contributed by atoms with Gasteiger partial charge < -0.3 is 15.8 Å². The van der Waals surface area contributed by atoms with Crippen molar-refractivity contribution in [3.05, 3.63) is 29.8 Å². The van der Waals surface area contributed by atoms with Crippen LogP contribution in [0.15, 0.2) is 24.3 Å². The van der Waals surface area contributed by atoms with Crippen molar-refractivity contribution in [1.29, 1.82) is 0 Å². The maximum atomic E-state index is 5.78. The van der Waals surface area contributed by atoms with Gasteiger partial charge in [0.2, 0.25) is 0 Å². The van der Waals surface area contributed by atoms with E-state index in [0.717, 1.165) is 18.6 Å². The molecular weight excluding hydrogens is 212 g/mol. The van der Waals surface area contributed by atoms with E-state index >= 15 is 0 Å². The summed E-state index contributed by atoms with van der Waals surface area (Å²) in [6.07, 6.45) is 2.20. The zero-order valence-corrected chi connectivity index (χ0v) is 10.6. The summed E-state index contributed by atoms with van der Waals surface area (Å²) in [5.41, 5.74) is 7.08. The minimum atomic E-state index is 0.378. The monoisotopic (exact) mass is 234 g/mol. The van der Waals surface area contributed by atoms with Gasteiger partial charge in [0.15, 0.2) is 0 Å². The van der Waals surface area contributed by atoms with Gasteiger partial charge in [0.1, 0.15) is 5.75 Å². The normalized spacial score (nSPS) is 25.1. The molecule has 0 saturated heterocycles. The summed E-state index contributed by atoms with van der Waals surface area (Å²) in [6, 6.07) is 9.69. The molecule has 1 fully saturated rings. The van der Waals surface area contributed by atoms with Crippen LogP contribution < -0.4 is 15.8 Å². The molecule has 0 aliphatic heterocycles. The zero-order chi connectivity index (χ0) is 12.3. The molecule has 1 aliphatic carbocycles. The second-order valence-corrected chi connectivity index (χ2v) is 4.82. The fourth-order valence-electron chi connectivity index (χ4n) is 2.27. The Morgan fingerprint density at radius 2 is 2.00 bits per heavy atom. The number of nitrogens with two attached hydrogens (primary N) is 1. The van der Waals surface area contributed by atoms with E-state index in [-0.39, 0.29) is 0 Å². The Bertz CT molecular complexity index is 344. The van der Waals surface area contributed by atoms with Gasteiger partial charge >= 0.3 is 0 Å². The van der Waals surface area contributed by atoms with Gasteiger partial charge in [0.25, 0.3) is 0 Å². The van der Waals surface area contributed by atoms with Crippen molar-refractivity contribution >= 4 is 0 Å². The van der Waals surface area contributed by atoms with Crippen LogP contribution in [0.5, 0.6) is 5.75 Å². The molecule has 1 saturated carbocycles. The Morgan fingerprint density at radius 3 is 2.53 bits per heavy atom. The highest BCUT2D eigenvalue weighted by atomic mass is 16.5. The highest BCUT2D eigenvalue weighted by Gasteiger charge is 2.26. The molecular formula is C14H22N2O. The second-order valence-electron chi connectivity index (χ2n) is 4.82. The second kappa shape index (κ2) is 5.52. The summed E-state index contributed by atoms with van der Waals surface area (Å²) in [7, 11) is 0. The van der Waals surface area contributed by atoms with Crippen molar-refractivity contribution in [3.63, 3.8) is 0 Å². The van der Waals surface area contributed by atoms with Gasteiger partial charge in [-0.3, -0.25) is 0 Å². The van der Waals surface area contributed by atoms with Crippen LogP contribution in [0.4, 0.5) is 0 Å². The van der Waals surface area contributed by atoms with Crippen molar-refractivity contribution in [2.75, 3.05) is 6.61 Å². The van der Waals surface area contributed by atoms with Crippen molar-refractivity contribution in [2.45, 2.75) is 44.8 Å². The van der Waals surface area contributed by atoms with Crippen LogP contribution in [0.3, 0.4) is 0 Å². The van der Waals surface area contributed by atoms with Crippen LogP contribution in [0.25, 0.3) is 0 Å². The van der Waals surface area contributed by atoms with Gasteiger partial charge in [0, 0.05) is 18.1 Å². The summed E-state index contributed by atoms with van der Waals surface area (Å²) in [4.78, 5) is 0. The largest absolute Gasteiger partial charge is 0.494 e. The first kappa shape index (κ1) is 12.4. The number of rotatable bonds is 5. The number of ether oxygens (including phenoxy) is 1. The lowest BCUT2D eigenvalue weighted by Gasteiger charge is -2.35. The minimum absolute atomic E-state index is 0.378. The highest BCUT2D eigenvalue weighted by molar-refractivity contribution is 5.29. The molecule has 0 amide bonds. The van der Waals surface area contributed by atoms with Crippen molar-refractivity contribution in [3.8, 4) is 5.75 Å². The molecule has 0 heterocycles. The number of hydrogen-bond donors (Lipinski definition) is 2. The number of nitrogens with one attached hydrogen (secondary N) is 1. The minimum Gasteiger partial charge on any atom is -0.494 e. The molecule has 0 spiro atoms. The van der Waals surface area contributed by atoms with E-state index in [1.54, 1.807) is 0 Å². The topological polar surface area (TPSA) is 47.3 Å². The van der Waals surface area contributed by atoms with Crippen LogP contribution in [0, 0.1) is 0 Å². The van der Waals surface area contributed by atoms with Gasteiger partial charge in [-0.05, 0) is 44.4 Å². The molecule has 17 heavy (non-hydrogen) atoms. The van der Waals surface area contributed by atoms with Gasteiger partial charge in [-0.25, -0.2) is 0 Å². The third kappa shape index (κ3) is 3.20. The smallest absolute Gasteiger partial charge is 0.119 e. The lowest BCUT2D eigenvalue weighted by molar-refractivity contribution is 0.272. The molecule has 1 aromatic carbocycles. The SMILES string of the molecule is CCOc1ccc(C(C)NC2CC(N)C2)cc1. The number of hydrogen-bond acceptors (Lipinski definition) is 3. The first-order valence-electron chi connectivity index (χ1n) is 6.43. The van der Waals surface area contributed by atoms with E-state index in [1.165, 1.54) is 5.56 Å². The zero-order valence-electron chi connectivity index (χ0n) is 10.6. The lowest BCUT2D eigenvalue weighted by Crippen LogP contribution is -2.49. The third-order valence-electron chi connectivity index (χ3n) is 3.35. The fraction of sp³-hybridized carbons (Fsp3) is 0.571. The Kier molecular flexibility index (Phi) is 4.02. The number of benzene rings is 1. The molecule has 1 unspecified atom stereocenters. The molecule has 0 aromatic heterocycles. The molecule has 3 N–H and O–H groups in total. The van der Waals surface area contributed by atoms with Gasteiger partial charge in [-0.15, -0.1) is 0 Å². The molecule has 1 aliphatic rings. The van der Waals surface area contributed by atoms with E-state index in [1.807, 2.05) is 19.1 Å². The molecule has 0 bridgehead atoms. The molecule has 0 radical (unpaired) electrons. The quantitative estimate of drug-likeness (QED) is 0.821. The summed E-state index contributed by atoms with van der Waals surface area (Å²) >= 11 is 0. The van der Waals surface area contributed by atoms with Crippen molar-refractivity contribution in [1.82, 2.24) is 5.32 Å². The van der Waals surface area contributed by atoms with Crippen LogP contribution in [-0.4, -0.2) is 18.7 Å². The predicted octanol–water partition coefficient (Wildman–Crippen LogP) is 2.23. The summed E-state index contributed by atoms with van der Waals surface area (Å²) in [5.74, 6) is 0.939. The molecule has 1 aromatic rings. The first-order chi connectivity index (χ1) is 8.19. The van der Waals surface area contributed by atoms with Gasteiger partial charge in [0.05, 0.1) is 6.61 Å². The molecule has 94 valence electrons. The first-order valence-corrected chi connectivity index (χ1v) is 6.43.